The van der Waals surface area contributed by atoms with E-state index in [1.54, 1.807) is 30.3 Å². The zero-order chi connectivity index (χ0) is 26.0. The van der Waals surface area contributed by atoms with E-state index < -0.39 is 28.3 Å². The number of nitro benzene ring substituents is 1. The number of non-ortho nitro benzene ring substituents is 1. The maximum atomic E-state index is 13.2. The summed E-state index contributed by atoms with van der Waals surface area (Å²) in [7, 11) is 0. The Morgan fingerprint density at radius 3 is 2.47 bits per heavy atom. The Kier molecular flexibility index (Phi) is 7.25. The number of anilines is 1. The van der Waals surface area contributed by atoms with Crippen LogP contribution in [0.15, 0.2) is 66.2 Å². The van der Waals surface area contributed by atoms with Gasteiger partial charge in [-0.15, -0.1) is 0 Å². The van der Waals surface area contributed by atoms with Crippen molar-refractivity contribution in [3.63, 3.8) is 0 Å². The molecule has 0 saturated carbocycles. The van der Waals surface area contributed by atoms with E-state index >= 15 is 0 Å². The second kappa shape index (κ2) is 10.4. The minimum absolute atomic E-state index is 0.0766. The van der Waals surface area contributed by atoms with Gasteiger partial charge in [-0.25, -0.2) is 9.69 Å². The molecule has 1 heterocycles. The molecule has 0 spiro atoms. The largest absolute Gasteiger partial charge is 0.488 e. The molecule has 36 heavy (non-hydrogen) atoms. The fourth-order valence-electron chi connectivity index (χ4n) is 3.35. The van der Waals surface area contributed by atoms with Crippen molar-refractivity contribution >= 4 is 70.1 Å². The number of barbiturate groups is 1. The van der Waals surface area contributed by atoms with Crippen LogP contribution < -0.4 is 15.0 Å². The normalized spacial score (nSPS) is 14.7. The number of rotatable bonds is 6. The van der Waals surface area contributed by atoms with E-state index in [1.807, 2.05) is 0 Å². The third-order valence-electron chi connectivity index (χ3n) is 5.05. The number of ether oxygens (including phenoxy) is 1. The molecule has 182 valence electrons. The van der Waals surface area contributed by atoms with Gasteiger partial charge in [0.2, 0.25) is 0 Å². The Morgan fingerprint density at radius 2 is 1.75 bits per heavy atom. The molecule has 3 aromatic carbocycles. The fourth-order valence-corrected chi connectivity index (χ4v) is 3.85. The number of amides is 4. The van der Waals surface area contributed by atoms with Crippen LogP contribution in [-0.4, -0.2) is 22.8 Å². The molecule has 0 bridgehead atoms. The number of nitrogens with zero attached hydrogens (tertiary/aromatic N) is 2. The van der Waals surface area contributed by atoms with Gasteiger partial charge in [0.15, 0.2) is 0 Å². The lowest BCUT2D eigenvalue weighted by molar-refractivity contribution is -0.384. The smallest absolute Gasteiger partial charge is 0.335 e. The van der Waals surface area contributed by atoms with Gasteiger partial charge in [-0.1, -0.05) is 46.9 Å². The second-order valence-corrected chi connectivity index (χ2v) is 8.70. The number of urea groups is 1. The number of hydrogen-bond donors (Lipinski definition) is 1. The number of carbonyl (C=O) groups excluding carboxylic acids is 3. The molecule has 0 aromatic heterocycles. The van der Waals surface area contributed by atoms with E-state index in [-0.39, 0.29) is 29.3 Å². The maximum Gasteiger partial charge on any atom is 0.335 e. The first kappa shape index (κ1) is 25.2. The second-order valence-electron chi connectivity index (χ2n) is 7.45. The topological polar surface area (TPSA) is 119 Å². The van der Waals surface area contributed by atoms with Crippen LogP contribution in [0.25, 0.3) is 6.08 Å². The summed E-state index contributed by atoms with van der Waals surface area (Å²) in [4.78, 5) is 49.3. The van der Waals surface area contributed by atoms with E-state index in [0.29, 0.717) is 25.5 Å². The van der Waals surface area contributed by atoms with Crippen molar-refractivity contribution in [1.29, 1.82) is 0 Å². The highest BCUT2D eigenvalue weighted by Crippen LogP contribution is 2.30. The average Bonchev–Trinajstić information content (AvgIpc) is 2.83. The van der Waals surface area contributed by atoms with Crippen molar-refractivity contribution in [1.82, 2.24) is 5.32 Å². The van der Waals surface area contributed by atoms with Gasteiger partial charge in [-0.3, -0.25) is 25.0 Å². The summed E-state index contributed by atoms with van der Waals surface area (Å²) in [6.45, 7) is 0.0904. The predicted molar refractivity (Wildman–Crippen MR) is 134 cm³/mol. The van der Waals surface area contributed by atoms with E-state index in [2.05, 4.69) is 5.32 Å². The standard InChI is InChI=1S/C24H14Cl3N3O6/c25-15-5-7-21(36-12-13-4-6-19(26)20(27)8-13)14(9-15)10-18-22(31)28-24(33)29(23(18)32)16-2-1-3-17(11-16)30(34)35/h1-11H,12H2,(H,28,31,33)/b18-10+. The Labute approximate surface area is 219 Å². The zero-order valence-electron chi connectivity index (χ0n) is 18.0. The molecule has 0 aliphatic carbocycles. The molecule has 4 amide bonds. The van der Waals surface area contributed by atoms with Crippen LogP contribution in [0, 0.1) is 10.1 Å². The number of halogens is 3. The molecule has 0 atom stereocenters. The van der Waals surface area contributed by atoms with Crippen molar-refractivity contribution in [2.75, 3.05) is 4.90 Å². The van der Waals surface area contributed by atoms with Crippen LogP contribution in [0.1, 0.15) is 11.1 Å². The van der Waals surface area contributed by atoms with Crippen LogP contribution in [0.5, 0.6) is 5.75 Å². The molecule has 9 nitrogen and oxygen atoms in total. The van der Waals surface area contributed by atoms with Gasteiger partial charge >= 0.3 is 6.03 Å². The fraction of sp³-hybridized carbons (Fsp3) is 0.0417. The third kappa shape index (κ3) is 5.33. The summed E-state index contributed by atoms with van der Waals surface area (Å²) in [5, 5.41) is 14.2. The van der Waals surface area contributed by atoms with Gasteiger partial charge in [0.25, 0.3) is 17.5 Å². The zero-order valence-corrected chi connectivity index (χ0v) is 20.3. The van der Waals surface area contributed by atoms with E-state index in [4.69, 9.17) is 39.5 Å². The summed E-state index contributed by atoms with van der Waals surface area (Å²) >= 11 is 18.1. The molecule has 1 aliphatic heterocycles. The molecule has 0 unspecified atom stereocenters. The number of carbonyl (C=O) groups is 3. The monoisotopic (exact) mass is 545 g/mol. The minimum atomic E-state index is -1.04. The van der Waals surface area contributed by atoms with Crippen LogP contribution in [0.3, 0.4) is 0 Å². The number of benzene rings is 3. The van der Waals surface area contributed by atoms with Crippen molar-refractivity contribution in [3.05, 3.63) is 103 Å². The summed E-state index contributed by atoms with van der Waals surface area (Å²) in [6.07, 6.45) is 1.23. The van der Waals surface area contributed by atoms with Crippen molar-refractivity contribution in [2.45, 2.75) is 6.61 Å². The van der Waals surface area contributed by atoms with Gasteiger partial charge < -0.3 is 4.74 Å². The molecule has 4 rings (SSSR count). The molecule has 1 N–H and O–H groups in total. The quantitative estimate of drug-likeness (QED) is 0.181. The third-order valence-corrected chi connectivity index (χ3v) is 6.02. The van der Waals surface area contributed by atoms with Gasteiger partial charge in [0.05, 0.1) is 20.7 Å². The van der Waals surface area contributed by atoms with Gasteiger partial charge in [-0.2, -0.15) is 0 Å². The first-order valence-corrected chi connectivity index (χ1v) is 11.3. The Hall–Kier alpha value is -3.92. The molecule has 12 heteroatoms. The van der Waals surface area contributed by atoms with Gasteiger partial charge in [0.1, 0.15) is 17.9 Å². The van der Waals surface area contributed by atoms with Crippen molar-refractivity contribution in [2.24, 2.45) is 0 Å². The molecular formula is C24H14Cl3N3O6. The highest BCUT2D eigenvalue weighted by molar-refractivity contribution is 6.42. The molecule has 1 fully saturated rings. The van der Waals surface area contributed by atoms with Gasteiger partial charge in [-0.05, 0) is 48.0 Å². The highest BCUT2D eigenvalue weighted by atomic mass is 35.5. The first-order chi connectivity index (χ1) is 17.1. The van der Waals surface area contributed by atoms with E-state index in [9.17, 15) is 24.5 Å². The molecule has 0 radical (unpaired) electrons. The highest BCUT2D eigenvalue weighted by Gasteiger charge is 2.37. The number of nitrogens with one attached hydrogen (secondary N) is 1. The van der Waals surface area contributed by atoms with Crippen molar-refractivity contribution < 1.29 is 24.0 Å². The lowest BCUT2D eigenvalue weighted by Crippen LogP contribution is -2.54. The minimum Gasteiger partial charge on any atom is -0.488 e. The molecule has 1 aliphatic rings. The summed E-state index contributed by atoms with van der Waals surface area (Å²) in [5.74, 6) is -1.63. The number of imide groups is 2. The lowest BCUT2D eigenvalue weighted by atomic mass is 10.1. The van der Waals surface area contributed by atoms with Crippen LogP contribution in [0.4, 0.5) is 16.2 Å². The SMILES string of the molecule is O=C1NC(=O)N(c2cccc([N+](=O)[O-])c2)C(=O)/C1=C/c1cc(Cl)ccc1OCc1ccc(Cl)c(Cl)c1. The molecule has 3 aromatic rings. The average molecular weight is 547 g/mol. The number of hydrogen-bond acceptors (Lipinski definition) is 6. The van der Waals surface area contributed by atoms with Crippen LogP contribution >= 0.6 is 34.8 Å². The molecule has 1 saturated heterocycles. The number of nitro groups is 1. The van der Waals surface area contributed by atoms with E-state index in [0.717, 1.165) is 6.07 Å². The molecular weight excluding hydrogens is 533 g/mol. The van der Waals surface area contributed by atoms with Crippen LogP contribution in [-0.2, 0) is 16.2 Å². The lowest BCUT2D eigenvalue weighted by Gasteiger charge is -2.26. The van der Waals surface area contributed by atoms with Crippen molar-refractivity contribution in [3.8, 4) is 5.75 Å². The predicted octanol–water partition coefficient (Wildman–Crippen LogP) is 5.80. The van der Waals surface area contributed by atoms with Crippen LogP contribution in [0.2, 0.25) is 15.1 Å². The maximum absolute atomic E-state index is 13.2. The van der Waals surface area contributed by atoms with Gasteiger partial charge in [0, 0.05) is 22.7 Å². The summed E-state index contributed by atoms with van der Waals surface area (Å²) < 4.78 is 5.86. The Balaban J connectivity index is 1.68. The summed E-state index contributed by atoms with van der Waals surface area (Å²) in [6, 6.07) is 13.5. The Morgan fingerprint density at radius 1 is 0.972 bits per heavy atom. The Bertz CT molecular complexity index is 1460. The summed E-state index contributed by atoms with van der Waals surface area (Å²) in [5.41, 5.74) is 0.194. The first-order valence-electron chi connectivity index (χ1n) is 10.2. The van der Waals surface area contributed by atoms with E-state index in [1.165, 1.54) is 30.3 Å².